The molecule has 0 saturated carbocycles. The number of esters is 1. The summed E-state index contributed by atoms with van der Waals surface area (Å²) in [6, 6.07) is 16.9. The van der Waals surface area contributed by atoms with Crippen LogP contribution < -0.4 is 11.1 Å². The van der Waals surface area contributed by atoms with Gasteiger partial charge in [0, 0.05) is 6.54 Å². The second-order valence-electron chi connectivity index (χ2n) is 5.24. The molecule has 0 saturated heterocycles. The maximum atomic E-state index is 12.0. The average molecular weight is 342 g/mol. The molecule has 2 aromatic rings. The number of aliphatic hydroxyl groups excluding tert-OH is 1. The average Bonchev–Trinajstić information content (AvgIpc) is 2.64. The Morgan fingerprint density at radius 2 is 1.56 bits per heavy atom. The van der Waals surface area contributed by atoms with Gasteiger partial charge in [0.2, 0.25) is 6.10 Å². The van der Waals surface area contributed by atoms with Crippen molar-refractivity contribution in [1.82, 2.24) is 5.32 Å². The highest BCUT2D eigenvalue weighted by molar-refractivity contribution is 5.95. The molecule has 2 atom stereocenters. The van der Waals surface area contributed by atoms with Gasteiger partial charge in [0.05, 0.1) is 5.56 Å². The first kappa shape index (κ1) is 18.2. The van der Waals surface area contributed by atoms with E-state index in [1.165, 1.54) is 12.1 Å². The fraction of sp³-hybridized carbons (Fsp3) is 0.167. The summed E-state index contributed by atoms with van der Waals surface area (Å²) in [5.74, 6) is -2.85. The minimum atomic E-state index is -1.91. The summed E-state index contributed by atoms with van der Waals surface area (Å²) in [7, 11) is 0. The molecular formula is C18H18N2O5. The van der Waals surface area contributed by atoms with Crippen LogP contribution in [0, 0.1) is 0 Å². The summed E-state index contributed by atoms with van der Waals surface area (Å²) in [6.07, 6.45) is -3.70. The van der Waals surface area contributed by atoms with Crippen molar-refractivity contribution in [3.8, 4) is 0 Å². The molecule has 0 bridgehead atoms. The summed E-state index contributed by atoms with van der Waals surface area (Å²) in [5.41, 5.74) is 6.13. The zero-order chi connectivity index (χ0) is 18.2. The number of rotatable bonds is 7. The van der Waals surface area contributed by atoms with Crippen LogP contribution in [0.4, 0.5) is 0 Å². The molecule has 2 amide bonds. The van der Waals surface area contributed by atoms with Crippen LogP contribution in [0.15, 0.2) is 60.7 Å². The van der Waals surface area contributed by atoms with Crippen LogP contribution in [-0.4, -0.2) is 35.1 Å². The highest BCUT2D eigenvalue weighted by atomic mass is 16.6. The Morgan fingerprint density at radius 3 is 2.12 bits per heavy atom. The smallest absolute Gasteiger partial charge is 0.339 e. The van der Waals surface area contributed by atoms with E-state index in [-0.39, 0.29) is 12.1 Å². The van der Waals surface area contributed by atoms with E-state index in [0.29, 0.717) is 0 Å². The number of benzene rings is 2. The Bertz CT molecular complexity index is 734. The van der Waals surface area contributed by atoms with Gasteiger partial charge in [-0.2, -0.15) is 0 Å². The normalized spacial score (nSPS) is 12.7. The molecule has 4 N–H and O–H groups in total. The van der Waals surface area contributed by atoms with Gasteiger partial charge in [0.15, 0.2) is 6.10 Å². The maximum absolute atomic E-state index is 12.0. The highest BCUT2D eigenvalue weighted by Crippen LogP contribution is 2.08. The van der Waals surface area contributed by atoms with E-state index >= 15 is 0 Å². The Labute approximate surface area is 144 Å². The fourth-order valence-electron chi connectivity index (χ4n) is 2.06. The lowest BCUT2D eigenvalue weighted by molar-refractivity contribution is -0.145. The van der Waals surface area contributed by atoms with Crippen LogP contribution >= 0.6 is 0 Å². The van der Waals surface area contributed by atoms with Crippen LogP contribution in [0.5, 0.6) is 0 Å². The largest absolute Gasteiger partial charge is 0.445 e. The third kappa shape index (κ3) is 5.15. The Balaban J connectivity index is 1.99. The van der Waals surface area contributed by atoms with Gasteiger partial charge < -0.3 is 20.9 Å². The van der Waals surface area contributed by atoms with E-state index in [1.54, 1.807) is 42.5 Å². The molecule has 2 aromatic carbocycles. The molecular weight excluding hydrogens is 324 g/mol. The number of carbonyl (C=O) groups excluding carboxylic acids is 3. The van der Waals surface area contributed by atoms with Crippen molar-refractivity contribution in [3.05, 3.63) is 71.8 Å². The lowest BCUT2D eigenvalue weighted by Crippen LogP contribution is -2.50. The molecule has 0 aliphatic carbocycles. The van der Waals surface area contributed by atoms with Gasteiger partial charge in [-0.3, -0.25) is 9.59 Å². The maximum Gasteiger partial charge on any atom is 0.339 e. The van der Waals surface area contributed by atoms with Gasteiger partial charge in [-0.15, -0.1) is 0 Å². The molecule has 0 aliphatic heterocycles. The summed E-state index contributed by atoms with van der Waals surface area (Å²) in [6.45, 7) is 0.148. The zero-order valence-corrected chi connectivity index (χ0v) is 13.3. The number of hydrogen-bond acceptors (Lipinski definition) is 5. The fourth-order valence-corrected chi connectivity index (χ4v) is 2.06. The molecule has 0 unspecified atom stereocenters. The van der Waals surface area contributed by atoms with Crippen molar-refractivity contribution < 1.29 is 24.2 Å². The molecule has 7 nitrogen and oxygen atoms in total. The van der Waals surface area contributed by atoms with Crippen LogP contribution in [0.25, 0.3) is 0 Å². The van der Waals surface area contributed by atoms with Crippen LogP contribution in [0.2, 0.25) is 0 Å². The molecule has 7 heteroatoms. The van der Waals surface area contributed by atoms with Crippen molar-refractivity contribution in [2.75, 3.05) is 0 Å². The Morgan fingerprint density at radius 1 is 1.00 bits per heavy atom. The third-order valence-electron chi connectivity index (χ3n) is 3.39. The van der Waals surface area contributed by atoms with Gasteiger partial charge in [-0.1, -0.05) is 48.5 Å². The first-order chi connectivity index (χ1) is 12.0. The molecule has 0 heterocycles. The number of aliphatic hydroxyl groups is 1. The number of nitrogens with two attached hydrogens (primary N) is 1. The Hall–Kier alpha value is -3.19. The molecule has 0 aromatic heterocycles. The number of hydrogen-bond donors (Lipinski definition) is 3. The summed E-state index contributed by atoms with van der Waals surface area (Å²) >= 11 is 0. The van der Waals surface area contributed by atoms with E-state index in [1.807, 2.05) is 6.07 Å². The molecule has 0 spiro atoms. The standard InChI is InChI=1S/C18H18N2O5/c19-16(22)15(25-18(24)13-9-5-2-6-10-13)14(21)17(23)20-11-12-7-3-1-4-8-12/h1-10,14-15,21H,11H2,(H2,19,22)(H,20,23)/t14-,15-/m1/s1. The first-order valence-corrected chi connectivity index (χ1v) is 7.54. The lowest BCUT2D eigenvalue weighted by atomic mass is 10.1. The van der Waals surface area contributed by atoms with Gasteiger partial charge in [-0.25, -0.2) is 4.79 Å². The number of amides is 2. The van der Waals surface area contributed by atoms with Crippen LogP contribution in [0.1, 0.15) is 15.9 Å². The minimum Gasteiger partial charge on any atom is -0.445 e. The second kappa shape index (κ2) is 8.60. The predicted molar refractivity (Wildman–Crippen MR) is 89.1 cm³/mol. The monoisotopic (exact) mass is 342 g/mol. The first-order valence-electron chi connectivity index (χ1n) is 7.54. The van der Waals surface area contributed by atoms with Crippen molar-refractivity contribution in [2.24, 2.45) is 5.73 Å². The molecule has 0 aliphatic rings. The van der Waals surface area contributed by atoms with Crippen molar-refractivity contribution >= 4 is 17.8 Å². The second-order valence-corrected chi connectivity index (χ2v) is 5.24. The van der Waals surface area contributed by atoms with Crippen molar-refractivity contribution in [2.45, 2.75) is 18.8 Å². The number of ether oxygens (including phenoxy) is 1. The van der Waals surface area contributed by atoms with Gasteiger partial charge in [0.1, 0.15) is 0 Å². The van der Waals surface area contributed by atoms with E-state index in [2.05, 4.69) is 5.32 Å². The minimum absolute atomic E-state index is 0.148. The van der Waals surface area contributed by atoms with E-state index in [0.717, 1.165) is 5.56 Å². The van der Waals surface area contributed by atoms with Gasteiger partial charge >= 0.3 is 5.97 Å². The highest BCUT2D eigenvalue weighted by Gasteiger charge is 2.34. The predicted octanol–water partition coefficient (Wildman–Crippen LogP) is 0.375. The van der Waals surface area contributed by atoms with E-state index in [4.69, 9.17) is 10.5 Å². The van der Waals surface area contributed by atoms with Crippen molar-refractivity contribution in [1.29, 1.82) is 0 Å². The molecule has 25 heavy (non-hydrogen) atoms. The zero-order valence-electron chi connectivity index (χ0n) is 13.3. The molecule has 130 valence electrons. The van der Waals surface area contributed by atoms with Gasteiger partial charge in [-0.05, 0) is 17.7 Å². The third-order valence-corrected chi connectivity index (χ3v) is 3.39. The lowest BCUT2D eigenvalue weighted by Gasteiger charge is -2.20. The van der Waals surface area contributed by atoms with Crippen LogP contribution in [0.3, 0.4) is 0 Å². The van der Waals surface area contributed by atoms with Crippen LogP contribution in [-0.2, 0) is 20.9 Å². The number of carbonyl (C=O) groups is 3. The molecule has 2 rings (SSSR count). The van der Waals surface area contributed by atoms with E-state index in [9.17, 15) is 19.5 Å². The summed E-state index contributed by atoms with van der Waals surface area (Å²) in [4.78, 5) is 35.5. The SMILES string of the molecule is NC(=O)[C@H](OC(=O)c1ccccc1)[C@@H](O)C(=O)NCc1ccccc1. The summed E-state index contributed by atoms with van der Waals surface area (Å²) in [5, 5.41) is 12.5. The van der Waals surface area contributed by atoms with Gasteiger partial charge in [0.25, 0.3) is 11.8 Å². The van der Waals surface area contributed by atoms with Crippen molar-refractivity contribution in [3.63, 3.8) is 0 Å². The number of nitrogens with one attached hydrogen (secondary N) is 1. The Kier molecular flexibility index (Phi) is 6.25. The topological polar surface area (TPSA) is 119 Å². The summed E-state index contributed by atoms with van der Waals surface area (Å²) < 4.78 is 4.91. The quantitative estimate of drug-likeness (QED) is 0.628. The molecule has 0 radical (unpaired) electrons. The van der Waals surface area contributed by atoms with E-state index < -0.39 is 30.0 Å². The number of primary amides is 1. The molecule has 0 fully saturated rings.